The number of benzene rings is 1. The van der Waals surface area contributed by atoms with Gasteiger partial charge < -0.3 is 4.90 Å². The van der Waals surface area contributed by atoms with E-state index in [0.717, 1.165) is 22.6 Å². The first-order chi connectivity index (χ1) is 12.6. The summed E-state index contributed by atoms with van der Waals surface area (Å²) in [6, 6.07) is 11.9. The number of nitrogens with zero attached hydrogens (tertiary/aromatic N) is 4. The van der Waals surface area contributed by atoms with Crippen LogP contribution in [0.2, 0.25) is 0 Å². The van der Waals surface area contributed by atoms with E-state index in [9.17, 15) is 4.79 Å². The normalized spacial score (nSPS) is 10.7. The average molecular weight is 366 g/mol. The number of hydrogen-bond donors (Lipinski definition) is 0. The molecule has 6 heteroatoms. The lowest BCUT2D eigenvalue weighted by Crippen LogP contribution is -2.32. The molecule has 0 saturated carbocycles. The lowest BCUT2D eigenvalue weighted by Gasteiger charge is -2.20. The maximum absolute atomic E-state index is 12.9. The molecule has 0 aliphatic rings. The van der Waals surface area contributed by atoms with Gasteiger partial charge in [0.05, 0.1) is 35.9 Å². The zero-order valence-corrected chi connectivity index (χ0v) is 16.0. The zero-order valence-electron chi connectivity index (χ0n) is 15.2. The van der Waals surface area contributed by atoms with E-state index in [1.54, 1.807) is 33.7 Å². The summed E-state index contributed by atoms with van der Waals surface area (Å²) in [6.07, 6.45) is 7.79. The summed E-state index contributed by atoms with van der Waals surface area (Å²) in [5.74, 6) is 0.0678. The van der Waals surface area contributed by atoms with Gasteiger partial charge in [-0.2, -0.15) is 5.10 Å². The summed E-state index contributed by atoms with van der Waals surface area (Å²) in [6.45, 7) is 4.50. The first-order valence-corrected chi connectivity index (χ1v) is 9.74. The molecule has 0 aliphatic carbocycles. The Labute approximate surface area is 158 Å². The molecule has 0 aliphatic heterocycles. The van der Waals surface area contributed by atoms with Crippen molar-refractivity contribution in [1.29, 1.82) is 0 Å². The van der Waals surface area contributed by atoms with Crippen LogP contribution in [-0.4, -0.2) is 33.5 Å². The summed E-state index contributed by atoms with van der Waals surface area (Å²) in [5, 5.41) is 4.54. The Morgan fingerprint density at radius 3 is 2.62 bits per heavy atom. The molecule has 1 aromatic carbocycles. The molecule has 0 bridgehead atoms. The number of anilines is 1. The van der Waals surface area contributed by atoms with Crippen molar-refractivity contribution in [2.24, 2.45) is 0 Å². The third kappa shape index (κ3) is 3.96. The maximum atomic E-state index is 12.9. The Hall–Kier alpha value is -2.60. The maximum Gasteiger partial charge on any atom is 0.231 e. The van der Waals surface area contributed by atoms with Crippen LogP contribution in [0.1, 0.15) is 18.2 Å². The molecular formula is C20H22N4OS. The Bertz CT molecular complexity index is 875. The summed E-state index contributed by atoms with van der Waals surface area (Å²) in [4.78, 5) is 20.0. The van der Waals surface area contributed by atoms with E-state index in [1.807, 2.05) is 50.6 Å². The predicted octanol–water partition coefficient (Wildman–Crippen LogP) is 3.89. The number of thioether (sulfide) groups is 1. The van der Waals surface area contributed by atoms with Gasteiger partial charge in [-0.25, -0.2) is 4.68 Å². The van der Waals surface area contributed by atoms with Gasteiger partial charge in [0.15, 0.2) is 0 Å². The van der Waals surface area contributed by atoms with Crippen molar-refractivity contribution >= 4 is 23.4 Å². The van der Waals surface area contributed by atoms with Crippen molar-refractivity contribution in [2.45, 2.75) is 25.2 Å². The van der Waals surface area contributed by atoms with E-state index in [2.05, 4.69) is 22.2 Å². The number of rotatable bonds is 6. The summed E-state index contributed by atoms with van der Waals surface area (Å²) in [5.41, 5.74) is 3.55. The van der Waals surface area contributed by atoms with Crippen molar-refractivity contribution in [3.8, 4) is 5.69 Å². The SMILES string of the molecule is CCN(C(=O)Cc1ccc(SC)cc1)c1cn(-c2cccnc2)nc1C. The molecule has 134 valence electrons. The van der Waals surface area contributed by atoms with E-state index >= 15 is 0 Å². The Kier molecular flexibility index (Phi) is 5.73. The van der Waals surface area contributed by atoms with E-state index in [4.69, 9.17) is 0 Å². The van der Waals surface area contributed by atoms with Gasteiger partial charge in [-0.15, -0.1) is 11.8 Å². The minimum Gasteiger partial charge on any atom is -0.309 e. The fourth-order valence-corrected chi connectivity index (χ4v) is 3.24. The molecule has 3 rings (SSSR count). The van der Waals surface area contributed by atoms with Gasteiger partial charge in [-0.1, -0.05) is 12.1 Å². The molecule has 0 N–H and O–H groups in total. The predicted molar refractivity (Wildman–Crippen MR) is 106 cm³/mol. The monoisotopic (exact) mass is 366 g/mol. The van der Waals surface area contributed by atoms with Crippen LogP contribution in [0.25, 0.3) is 5.69 Å². The van der Waals surface area contributed by atoms with Gasteiger partial charge in [0, 0.05) is 17.6 Å². The van der Waals surface area contributed by atoms with E-state index in [-0.39, 0.29) is 5.91 Å². The van der Waals surface area contributed by atoms with E-state index < -0.39 is 0 Å². The first-order valence-electron chi connectivity index (χ1n) is 8.52. The summed E-state index contributed by atoms with van der Waals surface area (Å²) in [7, 11) is 0. The number of likely N-dealkylation sites (N-methyl/N-ethyl adjacent to an activating group) is 1. The van der Waals surface area contributed by atoms with E-state index in [0.29, 0.717) is 13.0 Å². The first kappa shape index (κ1) is 18.2. The highest BCUT2D eigenvalue weighted by molar-refractivity contribution is 7.98. The van der Waals surface area contributed by atoms with Gasteiger partial charge in [0.2, 0.25) is 5.91 Å². The third-order valence-electron chi connectivity index (χ3n) is 4.21. The molecule has 26 heavy (non-hydrogen) atoms. The van der Waals surface area contributed by atoms with Crippen LogP contribution in [0.4, 0.5) is 5.69 Å². The molecule has 0 saturated heterocycles. The highest BCUT2D eigenvalue weighted by Gasteiger charge is 2.19. The fraction of sp³-hybridized carbons (Fsp3) is 0.250. The zero-order chi connectivity index (χ0) is 18.5. The quantitative estimate of drug-likeness (QED) is 0.621. The lowest BCUT2D eigenvalue weighted by atomic mass is 10.1. The third-order valence-corrected chi connectivity index (χ3v) is 4.95. The highest BCUT2D eigenvalue weighted by Crippen LogP contribution is 2.22. The van der Waals surface area contributed by atoms with Gasteiger partial charge in [-0.3, -0.25) is 9.78 Å². The highest BCUT2D eigenvalue weighted by atomic mass is 32.2. The van der Waals surface area contributed by atoms with Crippen LogP contribution < -0.4 is 4.90 Å². The Morgan fingerprint density at radius 2 is 2.00 bits per heavy atom. The Morgan fingerprint density at radius 1 is 1.23 bits per heavy atom. The lowest BCUT2D eigenvalue weighted by molar-refractivity contribution is -0.117. The van der Waals surface area contributed by atoms with Crippen LogP contribution in [-0.2, 0) is 11.2 Å². The number of amides is 1. The molecule has 2 aromatic heterocycles. The molecule has 2 heterocycles. The molecule has 0 spiro atoms. The van der Waals surface area contributed by atoms with Crippen molar-refractivity contribution in [2.75, 3.05) is 17.7 Å². The number of pyridine rings is 1. The molecule has 3 aromatic rings. The van der Waals surface area contributed by atoms with Crippen molar-refractivity contribution in [3.63, 3.8) is 0 Å². The molecule has 0 radical (unpaired) electrons. The van der Waals surface area contributed by atoms with Gasteiger partial charge >= 0.3 is 0 Å². The number of carbonyl (C=O) groups excluding carboxylic acids is 1. The van der Waals surface area contributed by atoms with Crippen LogP contribution in [0.15, 0.2) is 59.9 Å². The standard InChI is InChI=1S/C20H22N4OS/c1-4-23(20(25)12-16-7-9-18(26-3)10-8-16)19-14-24(22-15(19)2)17-6-5-11-21-13-17/h5-11,13-14H,4,12H2,1-3H3. The molecule has 5 nitrogen and oxygen atoms in total. The van der Waals surface area contributed by atoms with Gasteiger partial charge in [-0.05, 0) is 49.9 Å². The average Bonchev–Trinajstić information content (AvgIpc) is 3.05. The smallest absolute Gasteiger partial charge is 0.231 e. The number of aromatic nitrogens is 3. The second-order valence-corrected chi connectivity index (χ2v) is 6.80. The molecule has 1 amide bonds. The second kappa shape index (κ2) is 8.19. The molecule has 0 atom stereocenters. The fourth-order valence-electron chi connectivity index (χ4n) is 2.83. The molecule has 0 unspecified atom stereocenters. The summed E-state index contributed by atoms with van der Waals surface area (Å²) < 4.78 is 1.76. The van der Waals surface area contributed by atoms with E-state index in [1.165, 1.54) is 4.90 Å². The molecular weight excluding hydrogens is 344 g/mol. The van der Waals surface area contributed by atoms with Crippen LogP contribution in [0, 0.1) is 6.92 Å². The second-order valence-electron chi connectivity index (χ2n) is 5.92. The van der Waals surface area contributed by atoms with Crippen molar-refractivity contribution < 1.29 is 4.79 Å². The van der Waals surface area contributed by atoms with Gasteiger partial charge in [0.25, 0.3) is 0 Å². The number of aryl methyl sites for hydroxylation is 1. The van der Waals surface area contributed by atoms with Crippen LogP contribution >= 0.6 is 11.8 Å². The van der Waals surface area contributed by atoms with Crippen LogP contribution in [0.5, 0.6) is 0 Å². The largest absolute Gasteiger partial charge is 0.309 e. The van der Waals surface area contributed by atoms with Gasteiger partial charge in [0.1, 0.15) is 0 Å². The van der Waals surface area contributed by atoms with Crippen molar-refractivity contribution in [1.82, 2.24) is 14.8 Å². The Balaban J connectivity index is 1.81. The molecule has 0 fully saturated rings. The topological polar surface area (TPSA) is 51.0 Å². The minimum atomic E-state index is 0.0678. The van der Waals surface area contributed by atoms with Crippen LogP contribution in [0.3, 0.4) is 0 Å². The summed E-state index contributed by atoms with van der Waals surface area (Å²) >= 11 is 1.70. The number of hydrogen-bond acceptors (Lipinski definition) is 4. The van der Waals surface area contributed by atoms with Crippen molar-refractivity contribution in [3.05, 3.63) is 66.2 Å². The minimum absolute atomic E-state index is 0.0678. The number of carbonyl (C=O) groups is 1.